The number of nitrogens with zero attached hydrogens (tertiary/aromatic N) is 1. The highest BCUT2D eigenvalue weighted by Gasteiger charge is 2.33. The normalized spacial score (nSPS) is 16.7. The third kappa shape index (κ3) is 4.30. The van der Waals surface area contributed by atoms with Crippen molar-refractivity contribution in [2.45, 2.75) is 19.4 Å². The fraction of sp³-hybridized carbons (Fsp3) is 0.316. The van der Waals surface area contributed by atoms with E-state index in [-0.39, 0.29) is 30.5 Å². The van der Waals surface area contributed by atoms with Gasteiger partial charge in [0.05, 0.1) is 12.5 Å². The molecule has 2 amide bonds. The Morgan fingerprint density at radius 2 is 1.96 bits per heavy atom. The van der Waals surface area contributed by atoms with Crippen LogP contribution in [0.25, 0.3) is 0 Å². The number of nitrogens with one attached hydrogen (secondary N) is 1. The molecule has 1 saturated heterocycles. The van der Waals surface area contributed by atoms with E-state index >= 15 is 0 Å². The van der Waals surface area contributed by atoms with Crippen molar-refractivity contribution in [1.29, 1.82) is 0 Å². The van der Waals surface area contributed by atoms with E-state index in [1.807, 2.05) is 30.3 Å². The molecule has 2 heterocycles. The van der Waals surface area contributed by atoms with Crippen molar-refractivity contribution >= 4 is 17.8 Å². The SMILES string of the molecule is O=C(O)c1ccc(CNC(=O)C2CC(=O)N(CCc3ccccc3)C2)o1. The molecule has 0 aliphatic carbocycles. The lowest BCUT2D eigenvalue weighted by Crippen LogP contribution is -2.33. The summed E-state index contributed by atoms with van der Waals surface area (Å²) in [4.78, 5) is 36.9. The molecule has 1 fully saturated rings. The number of carbonyl (C=O) groups excluding carboxylic acids is 2. The number of hydrogen-bond donors (Lipinski definition) is 2. The van der Waals surface area contributed by atoms with Gasteiger partial charge in [-0.2, -0.15) is 0 Å². The molecule has 1 aromatic heterocycles. The molecule has 1 aliphatic heterocycles. The molecule has 1 unspecified atom stereocenters. The molecule has 2 aromatic rings. The van der Waals surface area contributed by atoms with Crippen LogP contribution in [-0.2, 0) is 22.6 Å². The summed E-state index contributed by atoms with van der Waals surface area (Å²) in [6.45, 7) is 1.09. The predicted octanol–water partition coefficient (Wildman–Crippen LogP) is 1.69. The molecule has 0 radical (unpaired) electrons. The zero-order chi connectivity index (χ0) is 18.5. The van der Waals surface area contributed by atoms with Crippen molar-refractivity contribution < 1.29 is 23.9 Å². The lowest BCUT2D eigenvalue weighted by Gasteiger charge is -2.16. The van der Waals surface area contributed by atoms with Gasteiger partial charge >= 0.3 is 5.97 Å². The Hall–Kier alpha value is -3.09. The molecular weight excluding hydrogens is 336 g/mol. The molecule has 136 valence electrons. The van der Waals surface area contributed by atoms with Gasteiger partial charge in [-0.15, -0.1) is 0 Å². The first-order valence-electron chi connectivity index (χ1n) is 8.44. The minimum absolute atomic E-state index is 0.0211. The number of likely N-dealkylation sites (tertiary alicyclic amines) is 1. The summed E-state index contributed by atoms with van der Waals surface area (Å²) in [5.41, 5.74) is 1.15. The quantitative estimate of drug-likeness (QED) is 0.786. The highest BCUT2D eigenvalue weighted by Crippen LogP contribution is 2.19. The highest BCUT2D eigenvalue weighted by atomic mass is 16.4. The molecule has 0 spiro atoms. The number of carbonyl (C=O) groups is 3. The van der Waals surface area contributed by atoms with Crippen LogP contribution in [0.1, 0.15) is 28.3 Å². The van der Waals surface area contributed by atoms with Crippen molar-refractivity contribution in [1.82, 2.24) is 10.2 Å². The van der Waals surface area contributed by atoms with Crippen molar-refractivity contribution in [3.05, 3.63) is 59.5 Å². The Morgan fingerprint density at radius 1 is 1.19 bits per heavy atom. The van der Waals surface area contributed by atoms with E-state index in [2.05, 4.69) is 5.32 Å². The van der Waals surface area contributed by atoms with E-state index in [1.165, 1.54) is 12.1 Å². The van der Waals surface area contributed by atoms with E-state index in [4.69, 9.17) is 9.52 Å². The average Bonchev–Trinajstić information content (AvgIpc) is 3.26. The largest absolute Gasteiger partial charge is 0.475 e. The number of amides is 2. The summed E-state index contributed by atoms with van der Waals surface area (Å²) in [7, 11) is 0. The number of benzene rings is 1. The Morgan fingerprint density at radius 3 is 2.65 bits per heavy atom. The summed E-state index contributed by atoms with van der Waals surface area (Å²) in [5, 5.41) is 11.5. The topological polar surface area (TPSA) is 99.8 Å². The maximum atomic E-state index is 12.3. The zero-order valence-electron chi connectivity index (χ0n) is 14.2. The Labute approximate surface area is 150 Å². The second kappa shape index (κ2) is 7.86. The van der Waals surface area contributed by atoms with E-state index < -0.39 is 11.9 Å². The van der Waals surface area contributed by atoms with Crippen molar-refractivity contribution in [3.63, 3.8) is 0 Å². The van der Waals surface area contributed by atoms with Crippen LogP contribution in [-0.4, -0.2) is 40.9 Å². The third-order valence-corrected chi connectivity index (χ3v) is 4.41. The lowest BCUT2D eigenvalue weighted by molar-refractivity contribution is -0.129. The van der Waals surface area contributed by atoms with E-state index in [0.29, 0.717) is 18.8 Å². The average molecular weight is 356 g/mol. The molecule has 26 heavy (non-hydrogen) atoms. The molecule has 0 bridgehead atoms. The van der Waals surface area contributed by atoms with Crippen LogP contribution in [0.4, 0.5) is 0 Å². The van der Waals surface area contributed by atoms with Gasteiger partial charge in [-0.3, -0.25) is 9.59 Å². The summed E-state index contributed by atoms with van der Waals surface area (Å²) in [6, 6.07) is 12.7. The maximum Gasteiger partial charge on any atom is 0.371 e. The van der Waals surface area contributed by atoms with Crippen LogP contribution in [0.5, 0.6) is 0 Å². The predicted molar refractivity (Wildman–Crippen MR) is 92.3 cm³/mol. The van der Waals surface area contributed by atoms with Crippen LogP contribution in [0.2, 0.25) is 0 Å². The molecule has 1 atom stereocenters. The third-order valence-electron chi connectivity index (χ3n) is 4.41. The summed E-state index contributed by atoms with van der Waals surface area (Å²) >= 11 is 0. The number of carboxylic acid groups (broad SMARTS) is 1. The maximum absolute atomic E-state index is 12.3. The van der Waals surface area contributed by atoms with E-state index in [9.17, 15) is 14.4 Å². The van der Waals surface area contributed by atoms with Crippen LogP contribution < -0.4 is 5.32 Å². The smallest absolute Gasteiger partial charge is 0.371 e. The molecular formula is C19H20N2O5. The first-order chi connectivity index (χ1) is 12.5. The van der Waals surface area contributed by atoms with E-state index in [0.717, 1.165) is 12.0 Å². The van der Waals surface area contributed by atoms with Gasteiger partial charge in [0, 0.05) is 19.5 Å². The number of carboxylic acids is 1. The minimum Gasteiger partial charge on any atom is -0.475 e. The van der Waals surface area contributed by atoms with Crippen molar-refractivity contribution in [2.24, 2.45) is 5.92 Å². The number of hydrogen-bond acceptors (Lipinski definition) is 4. The van der Waals surface area contributed by atoms with Crippen LogP contribution in [0.15, 0.2) is 46.9 Å². The van der Waals surface area contributed by atoms with Gasteiger partial charge in [0.2, 0.25) is 17.6 Å². The Kier molecular flexibility index (Phi) is 5.36. The molecule has 2 N–H and O–H groups in total. The van der Waals surface area contributed by atoms with Crippen LogP contribution in [0, 0.1) is 5.92 Å². The van der Waals surface area contributed by atoms with Crippen molar-refractivity contribution in [2.75, 3.05) is 13.1 Å². The second-order valence-corrected chi connectivity index (χ2v) is 6.27. The number of aromatic carboxylic acids is 1. The lowest BCUT2D eigenvalue weighted by atomic mass is 10.1. The van der Waals surface area contributed by atoms with Gasteiger partial charge in [-0.1, -0.05) is 30.3 Å². The van der Waals surface area contributed by atoms with Gasteiger partial charge in [0.1, 0.15) is 5.76 Å². The van der Waals surface area contributed by atoms with Gasteiger partial charge in [0.15, 0.2) is 0 Å². The molecule has 1 aromatic carbocycles. The number of rotatable bonds is 7. The van der Waals surface area contributed by atoms with E-state index in [1.54, 1.807) is 4.90 Å². The van der Waals surface area contributed by atoms with Crippen LogP contribution in [0.3, 0.4) is 0 Å². The van der Waals surface area contributed by atoms with Gasteiger partial charge < -0.3 is 19.7 Å². The minimum atomic E-state index is -1.15. The van der Waals surface area contributed by atoms with Gasteiger partial charge in [-0.25, -0.2) is 4.79 Å². The molecule has 7 nitrogen and oxygen atoms in total. The summed E-state index contributed by atoms with van der Waals surface area (Å²) < 4.78 is 5.10. The fourth-order valence-corrected chi connectivity index (χ4v) is 2.98. The highest BCUT2D eigenvalue weighted by molar-refractivity contribution is 5.89. The molecule has 7 heteroatoms. The van der Waals surface area contributed by atoms with Crippen LogP contribution >= 0.6 is 0 Å². The molecule has 3 rings (SSSR count). The Bertz CT molecular complexity index is 799. The monoisotopic (exact) mass is 356 g/mol. The standard InChI is InChI=1S/C19H20N2O5/c22-17-10-14(12-21(17)9-8-13-4-2-1-3-5-13)18(23)20-11-15-6-7-16(26-15)19(24)25/h1-7,14H,8-12H2,(H,20,23)(H,24,25). The molecule has 0 saturated carbocycles. The Balaban J connectivity index is 1.47. The van der Waals surface area contributed by atoms with Crippen molar-refractivity contribution in [3.8, 4) is 0 Å². The first-order valence-corrected chi connectivity index (χ1v) is 8.44. The summed E-state index contributed by atoms with van der Waals surface area (Å²) in [5.74, 6) is -1.61. The fourth-order valence-electron chi connectivity index (χ4n) is 2.98. The zero-order valence-corrected chi connectivity index (χ0v) is 14.2. The number of furan rings is 1. The summed E-state index contributed by atoms with van der Waals surface area (Å²) in [6.07, 6.45) is 0.949. The first kappa shape index (κ1) is 17.7. The van der Waals surface area contributed by atoms with Gasteiger partial charge in [0.25, 0.3) is 0 Å². The van der Waals surface area contributed by atoms with Gasteiger partial charge in [-0.05, 0) is 24.1 Å². The molecule has 1 aliphatic rings. The second-order valence-electron chi connectivity index (χ2n) is 6.27.